The monoisotopic (exact) mass is 1320 g/mol. The molecule has 7 rings (SSSR count). The molecule has 4 N–H and O–H groups in total. The molecule has 25 nitrogen and oxygen atoms in total. The number of nitrogens with one attached hydrogen (secondary N) is 4. The van der Waals surface area contributed by atoms with E-state index in [0.717, 1.165) is 98.2 Å². The summed E-state index contributed by atoms with van der Waals surface area (Å²) in [5.41, 5.74) is -2.34. The third-order valence-corrected chi connectivity index (χ3v) is 8.23. The van der Waals surface area contributed by atoms with Crippen molar-refractivity contribution in [3.05, 3.63) is 130 Å². The molecule has 4 amide bonds. The van der Waals surface area contributed by atoms with Crippen molar-refractivity contribution in [2.45, 2.75) is 0 Å². The zero-order valence-corrected chi connectivity index (χ0v) is 49.5. The van der Waals surface area contributed by atoms with Crippen LogP contribution in [-0.2, 0) is 40.7 Å². The summed E-state index contributed by atoms with van der Waals surface area (Å²) < 4.78 is 31.1. The molecule has 77 heavy (non-hydrogen) atoms. The number of hydrogen-bond donors (Lipinski definition) is 4. The molecule has 0 spiro atoms. The van der Waals surface area contributed by atoms with Gasteiger partial charge < -0.3 is 91.0 Å². The van der Waals surface area contributed by atoms with E-state index in [0.29, 0.717) is 0 Å². The van der Waals surface area contributed by atoms with E-state index in [-0.39, 0.29) is 74.3 Å². The number of pyridine rings is 2. The van der Waals surface area contributed by atoms with Crippen LogP contribution in [0.25, 0.3) is 0 Å². The van der Waals surface area contributed by atoms with Crippen LogP contribution in [0.2, 0.25) is 0 Å². The van der Waals surface area contributed by atoms with E-state index in [2.05, 4.69) is 77.6 Å². The maximum atomic E-state index is 13.0. The van der Waals surface area contributed by atoms with Gasteiger partial charge in [-0.25, -0.2) is 0 Å². The van der Waals surface area contributed by atoms with Gasteiger partial charge in [-0.1, -0.05) is 36.4 Å². The standard InChI is InChI=1S/C32H24N6O10.2C4H12N.2C4H8O2.C2H6OS.2O.U/c39-25-13-5-11-23(37(25)47)31(45)35-21-9-3-1-7-19(21)33-29(43)17-15-16-18(28(42)27(17)41)30(44)34-20-8-2-4-10-22(20)36-32(46)24-12-6-14-26(40)38(24)48;2*1-5(2,3)4;2*1-2-6-4-3-5-1;1-4(2)3;;;/h1-16,39-42H,(H,33,43)(H,34,44)(H,35,45)(H,36,46);2*1-4H3;2*1-4H2;1-2H3;;;/q;2*+1;;;;2*-2;/p-4. The largest absolute Gasteiger partial charge is 2.00 e. The summed E-state index contributed by atoms with van der Waals surface area (Å²) in [6.07, 6.45) is 3.28. The molecule has 0 atom stereocenters. The number of rotatable bonds is 8. The molecule has 4 heterocycles. The number of aromatic nitrogens is 2. The predicted molar refractivity (Wildman–Crippen MR) is 272 cm³/mol. The Kier molecular flexibility index (Phi) is 34.4. The molecule has 5 aromatic rings. The minimum atomic E-state index is -1.32. The van der Waals surface area contributed by atoms with Crippen molar-refractivity contribution in [3.8, 4) is 23.3 Å². The van der Waals surface area contributed by atoms with Gasteiger partial charge in [-0.2, -0.15) is 9.46 Å². The number of nitrogens with zero attached hydrogens (tertiary/aromatic N) is 4. The van der Waals surface area contributed by atoms with Crippen molar-refractivity contribution >= 4 is 57.2 Å². The van der Waals surface area contributed by atoms with Crippen LogP contribution in [0.3, 0.4) is 0 Å². The van der Waals surface area contributed by atoms with Gasteiger partial charge in [-0.3, -0.25) is 23.4 Å². The Morgan fingerprint density at radius 3 is 0.883 bits per heavy atom. The minimum Gasteiger partial charge on any atom is -2.00 e. The molecule has 2 aliphatic heterocycles. The maximum absolute atomic E-state index is 13.0. The number of carbonyl (C=O) groups is 4. The van der Waals surface area contributed by atoms with E-state index < -0.39 is 80.2 Å². The average molecular weight is 1320 g/mol. The fourth-order valence-corrected chi connectivity index (χ4v) is 5.24. The van der Waals surface area contributed by atoms with Gasteiger partial charge in [0.2, 0.25) is 0 Å². The van der Waals surface area contributed by atoms with Gasteiger partial charge in [0.25, 0.3) is 23.2 Å². The Balaban J connectivity index is 0. The van der Waals surface area contributed by atoms with Gasteiger partial charge in [0.05, 0.1) is 132 Å². The second-order valence-corrected chi connectivity index (χ2v) is 19.9. The van der Waals surface area contributed by atoms with Crippen LogP contribution in [0.1, 0.15) is 41.7 Å². The van der Waals surface area contributed by atoms with Crippen molar-refractivity contribution in [2.75, 3.05) is 143 Å². The van der Waals surface area contributed by atoms with Crippen LogP contribution in [0.15, 0.2) is 97.1 Å². The molecule has 2 fully saturated rings. The van der Waals surface area contributed by atoms with Crippen molar-refractivity contribution in [2.24, 2.45) is 0 Å². The molecule has 2 saturated heterocycles. The third kappa shape index (κ3) is 29.0. The summed E-state index contributed by atoms with van der Waals surface area (Å²) in [5.74, 6) is -8.60. The predicted octanol–water partition coefficient (Wildman–Crippen LogP) is 0.725. The molecule has 2 aliphatic rings. The number of benzene rings is 3. The summed E-state index contributed by atoms with van der Waals surface area (Å²) in [4.78, 5) is 51.3. The van der Waals surface area contributed by atoms with Crippen molar-refractivity contribution in [1.29, 1.82) is 0 Å². The van der Waals surface area contributed by atoms with Crippen LogP contribution < -0.4 is 51.2 Å². The fourth-order valence-electron chi connectivity index (χ4n) is 5.24. The number of amides is 4. The minimum absolute atomic E-state index is 0. The van der Waals surface area contributed by atoms with Crippen molar-refractivity contribution < 1.29 is 123 Å². The number of anilines is 4. The SMILES string of the molecule is C1COCCO1.C1COCCO1.CS(C)=O.C[N+](C)(C)C.C[N+](C)(C)C.O=C(Nc1ccccc1NC(=O)c1cccc([O-])[n+]1[O-])c1ccc(C(=O)Nc2ccccc2NC(=O)c2cccc([O-])[n+]2[O-])c([O-])c1[O-].[O-2].[O-2].[U]. The Labute approximate surface area is 474 Å². The van der Waals surface area contributed by atoms with Crippen LogP contribution in [0.4, 0.5) is 22.7 Å². The normalized spacial score (nSPS) is 12.3. The molecule has 0 aliphatic carbocycles. The number of carbonyl (C=O) groups excluding carboxylic acids is 4. The molecule has 27 heteroatoms. The Hall–Kier alpha value is -6.48. The van der Waals surface area contributed by atoms with Gasteiger partial charge in [0, 0.05) is 77.7 Å². The smallest absolute Gasteiger partial charge is 0.321 e. The topological polar surface area (TPSA) is 374 Å². The third-order valence-electron chi connectivity index (χ3n) is 8.23. The first-order valence-corrected chi connectivity index (χ1v) is 24.5. The molecule has 3 aromatic carbocycles. The molecular formula is C50H66N8O17SU-6. The van der Waals surface area contributed by atoms with E-state index in [1.54, 1.807) is 12.5 Å². The molecule has 424 valence electrons. The van der Waals surface area contributed by atoms with E-state index >= 15 is 0 Å². The van der Waals surface area contributed by atoms with E-state index in [4.69, 9.17) is 18.9 Å². The number of quaternary nitrogens is 2. The first-order chi connectivity index (χ1) is 34.7. The van der Waals surface area contributed by atoms with Gasteiger partial charge in [0.1, 0.15) is 0 Å². The quantitative estimate of drug-likeness (QED) is 0.0945. The van der Waals surface area contributed by atoms with E-state index in [1.165, 1.54) is 60.7 Å². The van der Waals surface area contributed by atoms with Gasteiger partial charge in [0.15, 0.2) is 11.8 Å². The van der Waals surface area contributed by atoms with Gasteiger partial charge >= 0.3 is 11.8 Å². The zero-order chi connectivity index (χ0) is 55.6. The molecule has 0 saturated carbocycles. The molecule has 2 aromatic heterocycles. The zero-order valence-electron chi connectivity index (χ0n) is 44.5. The maximum Gasteiger partial charge on any atom is 0.321 e. The molecule has 0 radical (unpaired) electrons. The number of ether oxygens (including phenoxy) is 4. The number of hydrogen-bond acceptors (Lipinski definition) is 15. The fraction of sp³-hybridized carbons (Fsp3) is 0.360. The average Bonchev–Trinajstić information content (AvgIpc) is 3.33. The van der Waals surface area contributed by atoms with Crippen LogP contribution >= 0.6 is 0 Å². The summed E-state index contributed by atoms with van der Waals surface area (Å²) in [6, 6.07) is 19.9. The Morgan fingerprint density at radius 1 is 0.442 bits per heavy atom. The van der Waals surface area contributed by atoms with Gasteiger partial charge in [-0.15, -0.1) is 11.5 Å². The summed E-state index contributed by atoms with van der Waals surface area (Å²) >= 11 is 0. The van der Waals surface area contributed by atoms with Gasteiger partial charge in [-0.05, 0) is 48.5 Å². The van der Waals surface area contributed by atoms with Crippen LogP contribution in [0.5, 0.6) is 23.3 Å². The van der Waals surface area contributed by atoms with Crippen LogP contribution in [0, 0.1) is 41.5 Å². The summed E-state index contributed by atoms with van der Waals surface area (Å²) in [7, 11) is 16.4. The first-order valence-electron chi connectivity index (χ1n) is 22.6. The van der Waals surface area contributed by atoms with Crippen LogP contribution in [-0.4, -0.2) is 159 Å². The second-order valence-electron chi connectivity index (χ2n) is 18.4. The van der Waals surface area contributed by atoms with Crippen molar-refractivity contribution in [1.82, 2.24) is 0 Å². The summed E-state index contributed by atoms with van der Waals surface area (Å²) in [6.45, 7) is 6.22. The molecule has 0 unspecified atom stereocenters. The van der Waals surface area contributed by atoms with E-state index in [9.17, 15) is 54.2 Å². The number of para-hydroxylation sites is 4. The van der Waals surface area contributed by atoms with E-state index in [1.807, 2.05) is 0 Å². The summed E-state index contributed by atoms with van der Waals surface area (Å²) in [5, 5.41) is 82.6. The van der Waals surface area contributed by atoms with Crippen molar-refractivity contribution in [3.63, 3.8) is 0 Å². The molecular weight excluding hydrogens is 1250 g/mol. The molecule has 0 bridgehead atoms. The first kappa shape index (κ1) is 72.6. The Bertz CT molecular complexity index is 2440. The second kappa shape index (κ2) is 36.5. The Morgan fingerprint density at radius 2 is 0.662 bits per heavy atom.